The first kappa shape index (κ1) is 24.2. The number of allylic oxidation sites excluding steroid dienone is 1. The first-order valence-electron chi connectivity index (χ1n) is 12.9. The number of rotatable bonds is 7. The van der Waals surface area contributed by atoms with Crippen LogP contribution < -0.4 is 19.9 Å². The third-order valence-electron chi connectivity index (χ3n) is 7.82. The van der Waals surface area contributed by atoms with E-state index < -0.39 is 0 Å². The summed E-state index contributed by atoms with van der Waals surface area (Å²) in [6, 6.07) is 10.5. The molecule has 1 aliphatic heterocycles. The van der Waals surface area contributed by atoms with Crippen LogP contribution in [0.3, 0.4) is 0 Å². The molecule has 7 nitrogen and oxygen atoms in total. The minimum absolute atomic E-state index is 0.185. The van der Waals surface area contributed by atoms with Crippen molar-refractivity contribution in [1.82, 2.24) is 9.97 Å². The molecule has 0 amide bonds. The predicted molar refractivity (Wildman–Crippen MR) is 147 cm³/mol. The van der Waals surface area contributed by atoms with E-state index in [4.69, 9.17) is 9.47 Å². The SMILES string of the molecule is CCC1(CC)CN(c2cc3c(Nc4cccc(N(C)C)c4C)ncnc3cc2OC)C(=C2CCC2)O1. The Balaban J connectivity index is 1.62. The molecular formula is C29H37N5O2. The second-order valence-electron chi connectivity index (χ2n) is 10.1. The van der Waals surface area contributed by atoms with Gasteiger partial charge in [0, 0.05) is 36.9 Å². The Morgan fingerprint density at radius 2 is 1.92 bits per heavy atom. The van der Waals surface area contributed by atoms with Gasteiger partial charge in [-0.3, -0.25) is 0 Å². The summed E-state index contributed by atoms with van der Waals surface area (Å²) in [4.78, 5) is 13.7. The molecule has 0 atom stereocenters. The van der Waals surface area contributed by atoms with Gasteiger partial charge in [0.05, 0.1) is 24.9 Å². The molecular weight excluding hydrogens is 450 g/mol. The molecule has 1 N–H and O–H groups in total. The third-order valence-corrected chi connectivity index (χ3v) is 7.82. The fourth-order valence-electron chi connectivity index (χ4n) is 5.21. The Morgan fingerprint density at radius 1 is 1.14 bits per heavy atom. The van der Waals surface area contributed by atoms with Crippen molar-refractivity contribution in [2.45, 2.75) is 58.5 Å². The summed E-state index contributed by atoms with van der Waals surface area (Å²) in [6.07, 6.45) is 6.96. The van der Waals surface area contributed by atoms with Gasteiger partial charge in [0.15, 0.2) is 5.88 Å². The highest BCUT2D eigenvalue weighted by molar-refractivity contribution is 5.95. The van der Waals surface area contributed by atoms with Crippen LogP contribution in [-0.4, -0.2) is 43.3 Å². The van der Waals surface area contributed by atoms with E-state index in [0.717, 1.165) is 72.0 Å². The fourth-order valence-corrected chi connectivity index (χ4v) is 5.21. The minimum atomic E-state index is -0.185. The van der Waals surface area contributed by atoms with Crippen molar-refractivity contribution >= 4 is 33.8 Å². The molecule has 2 fully saturated rings. The average Bonchev–Trinajstić information content (AvgIpc) is 3.23. The molecule has 0 radical (unpaired) electrons. The molecule has 5 rings (SSSR count). The molecule has 190 valence electrons. The lowest BCUT2D eigenvalue weighted by Gasteiger charge is -2.26. The number of anilines is 4. The van der Waals surface area contributed by atoms with E-state index in [-0.39, 0.29) is 5.60 Å². The quantitative estimate of drug-likeness (QED) is 0.405. The summed E-state index contributed by atoms with van der Waals surface area (Å²) in [6.45, 7) is 7.37. The van der Waals surface area contributed by atoms with Gasteiger partial charge in [-0.1, -0.05) is 19.9 Å². The van der Waals surface area contributed by atoms with E-state index in [1.807, 2.05) is 6.07 Å². The number of nitrogens with one attached hydrogen (secondary N) is 1. The molecule has 36 heavy (non-hydrogen) atoms. The molecule has 2 heterocycles. The van der Waals surface area contributed by atoms with E-state index in [1.54, 1.807) is 13.4 Å². The van der Waals surface area contributed by atoms with Gasteiger partial charge in [-0.25, -0.2) is 9.97 Å². The van der Waals surface area contributed by atoms with Crippen molar-refractivity contribution in [3.8, 4) is 5.75 Å². The zero-order valence-corrected chi connectivity index (χ0v) is 22.3. The third kappa shape index (κ3) is 4.10. The van der Waals surface area contributed by atoms with Crippen LogP contribution in [0.1, 0.15) is 51.5 Å². The van der Waals surface area contributed by atoms with Crippen molar-refractivity contribution < 1.29 is 9.47 Å². The molecule has 1 saturated heterocycles. The lowest BCUT2D eigenvalue weighted by atomic mass is 9.92. The Hall–Kier alpha value is -3.48. The zero-order valence-electron chi connectivity index (χ0n) is 22.3. The van der Waals surface area contributed by atoms with Crippen LogP contribution in [0, 0.1) is 6.92 Å². The van der Waals surface area contributed by atoms with Crippen molar-refractivity contribution in [1.29, 1.82) is 0 Å². The maximum absolute atomic E-state index is 6.71. The van der Waals surface area contributed by atoms with E-state index in [1.165, 1.54) is 23.2 Å². The van der Waals surface area contributed by atoms with E-state index in [0.29, 0.717) is 0 Å². The van der Waals surface area contributed by atoms with Crippen molar-refractivity contribution in [3.05, 3.63) is 53.7 Å². The monoisotopic (exact) mass is 487 g/mol. The number of hydrogen-bond acceptors (Lipinski definition) is 7. The Morgan fingerprint density at radius 3 is 2.56 bits per heavy atom. The highest BCUT2D eigenvalue weighted by atomic mass is 16.5. The summed E-state index contributed by atoms with van der Waals surface area (Å²) in [5.41, 5.74) is 6.42. The van der Waals surface area contributed by atoms with Gasteiger partial charge in [-0.2, -0.15) is 0 Å². The van der Waals surface area contributed by atoms with Crippen LogP contribution in [0.25, 0.3) is 10.9 Å². The highest BCUT2D eigenvalue weighted by Gasteiger charge is 2.43. The summed E-state index contributed by atoms with van der Waals surface area (Å²) in [7, 11) is 5.84. The Bertz CT molecular complexity index is 1310. The standard InChI is InChI=1S/C29H37N5O2/c1-7-29(8-2)17-34(28(36-29)20-11-9-12-20)25-15-21-23(16-26(25)35-6)30-18-31-27(21)32-22-13-10-14-24(19(22)3)33(4)5/h10,13-16,18H,7-9,11-12,17H2,1-6H3,(H,30,31,32). The molecule has 2 aliphatic rings. The lowest BCUT2D eigenvalue weighted by Crippen LogP contribution is -2.33. The van der Waals surface area contributed by atoms with Gasteiger partial charge < -0.3 is 24.6 Å². The summed E-state index contributed by atoms with van der Waals surface area (Å²) >= 11 is 0. The van der Waals surface area contributed by atoms with Crippen LogP contribution in [0.5, 0.6) is 5.75 Å². The van der Waals surface area contributed by atoms with Gasteiger partial charge in [-0.05, 0) is 68.4 Å². The molecule has 1 aromatic heterocycles. The van der Waals surface area contributed by atoms with Crippen LogP contribution in [0.2, 0.25) is 0 Å². The Labute approximate surface area is 214 Å². The van der Waals surface area contributed by atoms with Crippen molar-refractivity contribution in [2.24, 2.45) is 0 Å². The van der Waals surface area contributed by atoms with Gasteiger partial charge in [0.1, 0.15) is 23.5 Å². The second-order valence-corrected chi connectivity index (χ2v) is 10.1. The molecule has 0 bridgehead atoms. The second kappa shape index (κ2) is 9.52. The first-order chi connectivity index (χ1) is 17.4. The summed E-state index contributed by atoms with van der Waals surface area (Å²) in [5, 5.41) is 4.53. The van der Waals surface area contributed by atoms with E-state index in [2.05, 4.69) is 84.2 Å². The maximum atomic E-state index is 6.71. The number of hydrogen-bond donors (Lipinski definition) is 1. The molecule has 1 aliphatic carbocycles. The van der Waals surface area contributed by atoms with Gasteiger partial charge in [0.2, 0.25) is 0 Å². The lowest BCUT2D eigenvalue weighted by molar-refractivity contribution is 0.0392. The van der Waals surface area contributed by atoms with Crippen molar-refractivity contribution in [3.63, 3.8) is 0 Å². The van der Waals surface area contributed by atoms with E-state index >= 15 is 0 Å². The Kier molecular flexibility index (Phi) is 6.41. The average molecular weight is 488 g/mol. The summed E-state index contributed by atoms with van der Waals surface area (Å²) in [5.74, 6) is 2.59. The fraction of sp³-hybridized carbons (Fsp3) is 0.448. The molecule has 1 saturated carbocycles. The van der Waals surface area contributed by atoms with Crippen LogP contribution in [0.4, 0.5) is 22.9 Å². The number of aromatic nitrogens is 2. The number of methoxy groups -OCH3 is 1. The van der Waals surface area contributed by atoms with Gasteiger partial charge in [-0.15, -0.1) is 0 Å². The van der Waals surface area contributed by atoms with Crippen molar-refractivity contribution in [2.75, 3.05) is 42.9 Å². The molecule has 7 heteroatoms. The number of nitrogens with zero attached hydrogens (tertiary/aromatic N) is 4. The van der Waals surface area contributed by atoms with Crippen LogP contribution in [-0.2, 0) is 4.74 Å². The molecule has 3 aromatic rings. The summed E-state index contributed by atoms with van der Waals surface area (Å²) < 4.78 is 12.6. The zero-order chi connectivity index (χ0) is 25.4. The van der Waals surface area contributed by atoms with Gasteiger partial charge in [0.25, 0.3) is 0 Å². The molecule has 0 spiro atoms. The topological polar surface area (TPSA) is 62.8 Å². The number of ether oxygens (including phenoxy) is 2. The predicted octanol–water partition coefficient (Wildman–Crippen LogP) is 6.55. The maximum Gasteiger partial charge on any atom is 0.193 e. The first-order valence-corrected chi connectivity index (χ1v) is 12.9. The van der Waals surface area contributed by atoms with Crippen LogP contribution >= 0.6 is 0 Å². The normalized spacial score (nSPS) is 16.7. The molecule has 2 aromatic carbocycles. The van der Waals surface area contributed by atoms with E-state index in [9.17, 15) is 0 Å². The van der Waals surface area contributed by atoms with Crippen LogP contribution in [0.15, 0.2) is 48.1 Å². The van der Waals surface area contributed by atoms with Gasteiger partial charge >= 0.3 is 0 Å². The number of benzene rings is 2. The smallest absolute Gasteiger partial charge is 0.193 e. The number of fused-ring (bicyclic) bond motifs is 1. The highest BCUT2D eigenvalue weighted by Crippen LogP contribution is 2.46. The molecule has 0 unspecified atom stereocenters. The minimum Gasteiger partial charge on any atom is -0.494 e. The largest absolute Gasteiger partial charge is 0.494 e.